The Kier molecular flexibility index (Phi) is 6.51. The minimum absolute atomic E-state index is 0.0937. The molecular weight excluding hydrogens is 498 g/mol. The zero-order valence-electron chi connectivity index (χ0n) is 21.6. The highest BCUT2D eigenvalue weighted by atomic mass is 16.3. The van der Waals surface area contributed by atoms with Crippen molar-refractivity contribution in [1.82, 2.24) is 15.5 Å². The van der Waals surface area contributed by atoms with Crippen molar-refractivity contribution < 1.29 is 29.4 Å². The smallest absolute Gasteiger partial charge is 0.264 e. The average molecular weight is 532 g/mol. The van der Waals surface area contributed by atoms with Crippen molar-refractivity contribution >= 4 is 23.5 Å². The van der Waals surface area contributed by atoms with Gasteiger partial charge in [-0.2, -0.15) is 0 Å². The van der Waals surface area contributed by atoms with Gasteiger partial charge in [-0.15, -0.1) is 0 Å². The zero-order valence-corrected chi connectivity index (χ0v) is 21.6. The third kappa shape index (κ3) is 4.06. The van der Waals surface area contributed by atoms with Crippen LogP contribution in [-0.4, -0.2) is 69.9 Å². The van der Waals surface area contributed by atoms with E-state index in [1.54, 1.807) is 29.2 Å². The van der Waals surface area contributed by atoms with E-state index < -0.39 is 47.8 Å². The van der Waals surface area contributed by atoms with Crippen LogP contribution in [0.3, 0.4) is 0 Å². The monoisotopic (exact) mass is 531 g/mol. The molecule has 2 aromatic rings. The van der Waals surface area contributed by atoms with Crippen LogP contribution in [0.2, 0.25) is 0 Å². The Morgan fingerprint density at radius 1 is 0.974 bits per heavy atom. The molecule has 39 heavy (non-hydrogen) atoms. The number of aliphatic hydroxyl groups excluding tert-OH is 1. The van der Waals surface area contributed by atoms with Gasteiger partial charge in [0.05, 0.1) is 6.04 Å². The number of ketones is 1. The number of aliphatic hydroxyl groups is 2. The largest absolute Gasteiger partial charge is 0.389 e. The van der Waals surface area contributed by atoms with E-state index in [0.717, 1.165) is 36.8 Å². The topological polar surface area (TPSA) is 136 Å². The van der Waals surface area contributed by atoms with Crippen molar-refractivity contribution in [2.45, 2.75) is 62.3 Å². The molecule has 9 heteroatoms. The number of Topliss-reactive ketones (excluding diaryl/α,β-unsaturated/α-hetero) is 1. The summed E-state index contributed by atoms with van der Waals surface area (Å²) in [5.41, 5.74) is 0.631. The number of amides is 3. The van der Waals surface area contributed by atoms with E-state index in [1.165, 1.54) is 0 Å². The van der Waals surface area contributed by atoms with Crippen molar-refractivity contribution in [2.75, 3.05) is 13.2 Å². The molecule has 3 heterocycles. The molecule has 1 saturated carbocycles. The van der Waals surface area contributed by atoms with Gasteiger partial charge >= 0.3 is 0 Å². The van der Waals surface area contributed by atoms with Gasteiger partial charge in [0.1, 0.15) is 12.6 Å². The third-order valence-corrected chi connectivity index (χ3v) is 9.16. The highest BCUT2D eigenvalue weighted by Gasteiger charge is 2.56. The van der Waals surface area contributed by atoms with E-state index in [2.05, 4.69) is 10.6 Å². The number of piperidine rings is 2. The summed E-state index contributed by atoms with van der Waals surface area (Å²) in [6.07, 6.45) is 3.65. The fourth-order valence-electron chi connectivity index (χ4n) is 7.20. The minimum atomic E-state index is -1.94. The molecule has 7 rings (SSSR count). The number of rotatable bonds is 7. The number of nitrogens with one attached hydrogen (secondary N) is 2. The predicted octanol–water partition coefficient (Wildman–Crippen LogP) is 1.24. The van der Waals surface area contributed by atoms with Gasteiger partial charge in [-0.1, -0.05) is 48.5 Å². The second-order valence-electron chi connectivity index (χ2n) is 11.2. The fourth-order valence-corrected chi connectivity index (χ4v) is 7.20. The fraction of sp³-hybridized carbons (Fsp3) is 0.467. The van der Waals surface area contributed by atoms with Crippen molar-refractivity contribution in [2.24, 2.45) is 11.8 Å². The molecule has 2 aromatic carbocycles. The van der Waals surface area contributed by atoms with Crippen LogP contribution in [0.5, 0.6) is 0 Å². The van der Waals surface area contributed by atoms with Crippen LogP contribution >= 0.6 is 0 Å². The highest BCUT2D eigenvalue weighted by Crippen LogP contribution is 2.50. The van der Waals surface area contributed by atoms with E-state index >= 15 is 0 Å². The van der Waals surface area contributed by atoms with Crippen LogP contribution in [0.1, 0.15) is 49.7 Å². The normalized spacial score (nSPS) is 26.9. The molecule has 0 spiro atoms. The van der Waals surface area contributed by atoms with Gasteiger partial charge in [0.15, 0.2) is 11.4 Å². The van der Waals surface area contributed by atoms with Gasteiger partial charge in [-0.3, -0.25) is 19.2 Å². The molecule has 4 N–H and O–H groups in total. The van der Waals surface area contributed by atoms with Crippen molar-refractivity contribution in [3.63, 3.8) is 0 Å². The first kappa shape index (κ1) is 25.7. The molecule has 0 unspecified atom stereocenters. The van der Waals surface area contributed by atoms with Crippen LogP contribution < -0.4 is 10.6 Å². The second kappa shape index (κ2) is 9.88. The van der Waals surface area contributed by atoms with Gasteiger partial charge in [0.2, 0.25) is 11.8 Å². The third-order valence-electron chi connectivity index (χ3n) is 9.16. The number of fused-ring (bicyclic) bond motifs is 6. The van der Waals surface area contributed by atoms with E-state index in [4.69, 9.17) is 0 Å². The van der Waals surface area contributed by atoms with E-state index in [-0.39, 0.29) is 24.3 Å². The highest BCUT2D eigenvalue weighted by molar-refractivity contribution is 6.01. The summed E-state index contributed by atoms with van der Waals surface area (Å²) in [4.78, 5) is 54.7. The van der Waals surface area contributed by atoms with E-state index in [9.17, 15) is 29.4 Å². The predicted molar refractivity (Wildman–Crippen MR) is 141 cm³/mol. The molecule has 2 bridgehead atoms. The van der Waals surface area contributed by atoms with E-state index in [1.807, 2.05) is 24.3 Å². The van der Waals surface area contributed by atoms with Crippen LogP contribution in [0.4, 0.5) is 0 Å². The lowest BCUT2D eigenvalue weighted by Gasteiger charge is -2.52. The Bertz CT molecular complexity index is 1290. The standard InChI is InChI=1S/C30H33N3O6/c34-16-25(35)24(15-18-13-14-31-27(18)36)32-28(37)26-17-9-11-19(12-10-17)33(26)29(38)30(39)22-7-3-1-5-20(22)21-6-2-4-8-23(21)30/h1-8,17-19,24,26,34,39H,9-16H2,(H,31,36)(H,32,37)/t17?,18-,19?,24-,26-/m0/s1. The van der Waals surface area contributed by atoms with Crippen molar-refractivity contribution in [1.29, 1.82) is 0 Å². The quantitative estimate of drug-likeness (QED) is 0.425. The molecule has 3 saturated heterocycles. The lowest BCUT2D eigenvalue weighted by molar-refractivity contribution is -0.166. The molecule has 3 amide bonds. The second-order valence-corrected chi connectivity index (χ2v) is 11.2. The summed E-state index contributed by atoms with van der Waals surface area (Å²) in [7, 11) is 0. The molecule has 3 aliphatic heterocycles. The van der Waals surface area contributed by atoms with Crippen LogP contribution in [0.25, 0.3) is 11.1 Å². The Morgan fingerprint density at radius 2 is 1.59 bits per heavy atom. The maximum absolute atomic E-state index is 14.5. The number of carbonyl (C=O) groups excluding carboxylic acids is 4. The van der Waals surface area contributed by atoms with Gasteiger partial charge in [-0.05, 0) is 55.6 Å². The zero-order chi connectivity index (χ0) is 27.3. The Hall–Kier alpha value is -3.56. The van der Waals surface area contributed by atoms with Crippen molar-refractivity contribution in [3.8, 4) is 11.1 Å². The number of hydrogen-bond acceptors (Lipinski definition) is 6. The molecule has 204 valence electrons. The molecule has 2 aliphatic carbocycles. The number of hydrogen-bond donors (Lipinski definition) is 4. The van der Waals surface area contributed by atoms with Gasteiger partial charge < -0.3 is 25.7 Å². The number of benzene rings is 2. The Labute approximate surface area is 226 Å². The maximum atomic E-state index is 14.5. The van der Waals surface area contributed by atoms with Crippen LogP contribution in [0, 0.1) is 11.8 Å². The molecule has 3 atom stereocenters. The SMILES string of the molecule is O=C1NCC[C@H]1C[C@H](NC(=O)[C@@H]1C2CCC(CC2)N1C(=O)C1(O)c2ccccc2-c2ccccc21)C(=O)CO. The maximum Gasteiger partial charge on any atom is 0.264 e. The first-order valence-corrected chi connectivity index (χ1v) is 13.8. The minimum Gasteiger partial charge on any atom is -0.389 e. The van der Waals surface area contributed by atoms with Gasteiger partial charge in [-0.25, -0.2) is 0 Å². The van der Waals surface area contributed by atoms with E-state index in [0.29, 0.717) is 24.1 Å². The summed E-state index contributed by atoms with van der Waals surface area (Å²) >= 11 is 0. The average Bonchev–Trinajstić information content (AvgIpc) is 3.50. The molecule has 0 radical (unpaired) electrons. The molecule has 9 nitrogen and oxygen atoms in total. The molecular formula is C30H33N3O6. The van der Waals surface area contributed by atoms with Gasteiger partial charge in [0.25, 0.3) is 5.91 Å². The molecule has 4 fully saturated rings. The molecule has 0 aromatic heterocycles. The molecule has 5 aliphatic rings. The summed E-state index contributed by atoms with van der Waals surface area (Å²) in [5, 5.41) is 27.3. The lowest BCUT2D eigenvalue weighted by Crippen LogP contribution is -2.66. The Balaban J connectivity index is 1.33. The summed E-state index contributed by atoms with van der Waals surface area (Å²) < 4.78 is 0. The van der Waals surface area contributed by atoms with Gasteiger partial charge in [0, 0.05) is 29.6 Å². The van der Waals surface area contributed by atoms with Crippen LogP contribution in [-0.2, 0) is 24.8 Å². The lowest BCUT2D eigenvalue weighted by atomic mass is 9.73. The summed E-state index contributed by atoms with van der Waals surface area (Å²) in [5.74, 6) is -2.30. The van der Waals surface area contributed by atoms with Crippen molar-refractivity contribution in [3.05, 3.63) is 59.7 Å². The first-order chi connectivity index (χ1) is 18.8. The Morgan fingerprint density at radius 3 is 2.15 bits per heavy atom. The summed E-state index contributed by atoms with van der Waals surface area (Å²) in [6, 6.07) is 12.5. The first-order valence-electron chi connectivity index (χ1n) is 13.8. The summed E-state index contributed by atoms with van der Waals surface area (Å²) in [6.45, 7) is -0.250. The van der Waals surface area contributed by atoms with Crippen LogP contribution in [0.15, 0.2) is 48.5 Å². The number of carbonyl (C=O) groups is 4. The number of nitrogens with zero attached hydrogens (tertiary/aromatic N) is 1.